The van der Waals surface area contributed by atoms with Gasteiger partial charge in [-0.2, -0.15) is 0 Å². The van der Waals surface area contributed by atoms with Gasteiger partial charge in [0, 0.05) is 0 Å². The number of nitrogens with two attached hydrogens (primary N) is 1. The van der Waals surface area contributed by atoms with Gasteiger partial charge in [0.2, 0.25) is 5.91 Å². The molecule has 1 amide bonds. The van der Waals surface area contributed by atoms with Crippen LogP contribution < -0.4 is 11.1 Å². The topological polar surface area (TPSA) is 55.1 Å². The summed E-state index contributed by atoms with van der Waals surface area (Å²) in [6.07, 6.45) is 0. The smallest absolute Gasteiger partial charge is 0.245 e. The first-order chi connectivity index (χ1) is 9.08. The minimum Gasteiger partial charge on any atom is -0.323 e. The van der Waals surface area contributed by atoms with Crippen LogP contribution in [0.15, 0.2) is 48.5 Å². The number of hydrogen-bond donors (Lipinski definition) is 2. The van der Waals surface area contributed by atoms with Crippen LogP contribution in [0.4, 0.5) is 5.69 Å². The Labute approximate surface area is 117 Å². The number of rotatable bonds is 3. The van der Waals surface area contributed by atoms with Gasteiger partial charge in [-0.05, 0) is 30.2 Å². The molecule has 0 radical (unpaired) electrons. The van der Waals surface area contributed by atoms with E-state index in [2.05, 4.69) is 5.32 Å². The lowest BCUT2D eigenvalue weighted by atomic mass is 10.1. The van der Waals surface area contributed by atoms with Crippen molar-refractivity contribution in [2.24, 2.45) is 5.73 Å². The molecule has 98 valence electrons. The van der Waals surface area contributed by atoms with E-state index in [1.807, 2.05) is 49.4 Å². The number of anilines is 1. The summed E-state index contributed by atoms with van der Waals surface area (Å²) in [5, 5.41) is 3.25. The molecule has 0 aliphatic rings. The highest BCUT2D eigenvalue weighted by Gasteiger charge is 2.16. The lowest BCUT2D eigenvalue weighted by Crippen LogP contribution is -2.27. The van der Waals surface area contributed by atoms with Crippen molar-refractivity contribution in [3.63, 3.8) is 0 Å². The molecule has 19 heavy (non-hydrogen) atoms. The maximum absolute atomic E-state index is 12.1. The number of nitrogens with one attached hydrogen (secondary N) is 1. The minimum absolute atomic E-state index is 0.279. The molecule has 3 nitrogen and oxygen atoms in total. The van der Waals surface area contributed by atoms with Crippen molar-refractivity contribution in [3.05, 3.63) is 64.7 Å². The standard InChI is InChI=1S/C15H15ClN2O/c1-10-7-8-12(16)13(9-10)18-15(19)14(17)11-5-3-2-4-6-11/h2-9,14H,17H2,1H3,(H,18,19)/t14-/m0/s1. The van der Waals surface area contributed by atoms with Gasteiger partial charge in [0.1, 0.15) is 6.04 Å². The second kappa shape index (κ2) is 5.87. The molecule has 2 aromatic rings. The second-order valence-corrected chi connectivity index (χ2v) is 4.77. The lowest BCUT2D eigenvalue weighted by molar-refractivity contribution is -0.117. The van der Waals surface area contributed by atoms with E-state index in [9.17, 15) is 4.79 Å². The molecule has 0 aromatic heterocycles. The third-order valence-corrected chi connectivity index (χ3v) is 3.15. The van der Waals surface area contributed by atoms with Gasteiger partial charge in [-0.15, -0.1) is 0 Å². The van der Waals surface area contributed by atoms with Gasteiger partial charge >= 0.3 is 0 Å². The molecule has 0 spiro atoms. The van der Waals surface area contributed by atoms with Crippen molar-refractivity contribution in [1.29, 1.82) is 0 Å². The summed E-state index contributed by atoms with van der Waals surface area (Å²) in [6, 6.07) is 14.0. The highest BCUT2D eigenvalue weighted by atomic mass is 35.5. The summed E-state index contributed by atoms with van der Waals surface area (Å²) in [7, 11) is 0. The monoisotopic (exact) mass is 274 g/mol. The van der Waals surface area contributed by atoms with Crippen LogP contribution >= 0.6 is 11.6 Å². The first-order valence-electron chi connectivity index (χ1n) is 5.95. The molecule has 0 saturated carbocycles. The van der Waals surface area contributed by atoms with E-state index < -0.39 is 6.04 Å². The van der Waals surface area contributed by atoms with Crippen molar-refractivity contribution < 1.29 is 4.79 Å². The van der Waals surface area contributed by atoms with Crippen molar-refractivity contribution in [2.45, 2.75) is 13.0 Å². The van der Waals surface area contributed by atoms with E-state index in [4.69, 9.17) is 17.3 Å². The predicted molar refractivity (Wildman–Crippen MR) is 78.2 cm³/mol. The summed E-state index contributed by atoms with van der Waals surface area (Å²) >= 11 is 6.04. The molecule has 0 aliphatic heterocycles. The fourth-order valence-electron chi connectivity index (χ4n) is 1.76. The van der Waals surface area contributed by atoms with E-state index >= 15 is 0 Å². The van der Waals surface area contributed by atoms with E-state index in [0.717, 1.165) is 11.1 Å². The van der Waals surface area contributed by atoms with Crippen LogP contribution in [0.3, 0.4) is 0 Å². The molecule has 4 heteroatoms. The number of aryl methyl sites for hydroxylation is 1. The SMILES string of the molecule is Cc1ccc(Cl)c(NC(=O)[C@@H](N)c2ccccc2)c1. The van der Waals surface area contributed by atoms with Crippen LogP contribution in [0.25, 0.3) is 0 Å². The molecule has 2 rings (SSSR count). The number of benzene rings is 2. The van der Waals surface area contributed by atoms with E-state index in [1.165, 1.54) is 0 Å². The average molecular weight is 275 g/mol. The number of carbonyl (C=O) groups excluding carboxylic acids is 1. The minimum atomic E-state index is -0.710. The second-order valence-electron chi connectivity index (χ2n) is 4.36. The largest absolute Gasteiger partial charge is 0.323 e. The Balaban J connectivity index is 2.15. The molecule has 0 fully saturated rings. The highest BCUT2D eigenvalue weighted by Crippen LogP contribution is 2.23. The van der Waals surface area contributed by atoms with Gasteiger partial charge in [-0.25, -0.2) is 0 Å². The van der Waals surface area contributed by atoms with E-state index in [1.54, 1.807) is 6.07 Å². The zero-order chi connectivity index (χ0) is 13.8. The molecule has 0 aliphatic carbocycles. The molecular weight excluding hydrogens is 260 g/mol. The Morgan fingerprint density at radius 1 is 1.21 bits per heavy atom. The van der Waals surface area contributed by atoms with Gasteiger partial charge in [0.15, 0.2) is 0 Å². The van der Waals surface area contributed by atoms with Crippen LogP contribution in [0, 0.1) is 6.92 Å². The third kappa shape index (κ3) is 3.34. The summed E-state index contributed by atoms with van der Waals surface area (Å²) in [6.45, 7) is 1.93. The first kappa shape index (κ1) is 13.6. The maximum Gasteiger partial charge on any atom is 0.245 e. The predicted octanol–water partition coefficient (Wildman–Crippen LogP) is 3.29. The Morgan fingerprint density at radius 3 is 2.58 bits per heavy atom. The van der Waals surface area contributed by atoms with Gasteiger partial charge in [-0.1, -0.05) is 48.0 Å². The van der Waals surface area contributed by atoms with Crippen molar-refractivity contribution >= 4 is 23.2 Å². The third-order valence-electron chi connectivity index (χ3n) is 2.82. The Bertz CT molecular complexity index is 584. The molecule has 0 saturated heterocycles. The molecule has 0 bridgehead atoms. The van der Waals surface area contributed by atoms with Crippen LogP contribution in [-0.2, 0) is 4.79 Å². The van der Waals surface area contributed by atoms with Crippen LogP contribution in [0.1, 0.15) is 17.2 Å². The molecular formula is C15H15ClN2O. The van der Waals surface area contributed by atoms with Crippen LogP contribution in [-0.4, -0.2) is 5.91 Å². The molecule has 0 unspecified atom stereocenters. The quantitative estimate of drug-likeness (QED) is 0.902. The average Bonchev–Trinajstić information content (AvgIpc) is 2.43. The first-order valence-corrected chi connectivity index (χ1v) is 6.33. The number of hydrogen-bond acceptors (Lipinski definition) is 2. The summed E-state index contributed by atoms with van der Waals surface area (Å²) in [5.41, 5.74) is 8.29. The van der Waals surface area contributed by atoms with Gasteiger partial charge in [0.05, 0.1) is 10.7 Å². The number of carbonyl (C=O) groups is 1. The van der Waals surface area contributed by atoms with Crippen molar-refractivity contribution in [2.75, 3.05) is 5.32 Å². The molecule has 0 heterocycles. The molecule has 2 aromatic carbocycles. The van der Waals surface area contributed by atoms with Gasteiger partial charge in [-0.3, -0.25) is 4.79 Å². The van der Waals surface area contributed by atoms with Crippen molar-refractivity contribution in [1.82, 2.24) is 0 Å². The van der Waals surface area contributed by atoms with E-state index in [-0.39, 0.29) is 5.91 Å². The van der Waals surface area contributed by atoms with Gasteiger partial charge < -0.3 is 11.1 Å². The summed E-state index contributed by atoms with van der Waals surface area (Å²) in [4.78, 5) is 12.1. The maximum atomic E-state index is 12.1. The Morgan fingerprint density at radius 2 is 1.89 bits per heavy atom. The summed E-state index contributed by atoms with van der Waals surface area (Å²) < 4.78 is 0. The Hall–Kier alpha value is -1.84. The highest BCUT2D eigenvalue weighted by molar-refractivity contribution is 6.33. The Kier molecular flexibility index (Phi) is 4.20. The van der Waals surface area contributed by atoms with Crippen LogP contribution in [0.2, 0.25) is 5.02 Å². The fraction of sp³-hybridized carbons (Fsp3) is 0.133. The normalized spacial score (nSPS) is 11.9. The lowest BCUT2D eigenvalue weighted by Gasteiger charge is -2.13. The van der Waals surface area contributed by atoms with E-state index in [0.29, 0.717) is 10.7 Å². The number of amides is 1. The zero-order valence-electron chi connectivity index (χ0n) is 10.6. The van der Waals surface area contributed by atoms with Crippen LogP contribution in [0.5, 0.6) is 0 Å². The molecule has 3 N–H and O–H groups in total. The molecule has 1 atom stereocenters. The fourth-order valence-corrected chi connectivity index (χ4v) is 1.92. The van der Waals surface area contributed by atoms with Gasteiger partial charge in [0.25, 0.3) is 0 Å². The summed E-state index contributed by atoms with van der Waals surface area (Å²) in [5.74, 6) is -0.279. The van der Waals surface area contributed by atoms with Crippen molar-refractivity contribution in [3.8, 4) is 0 Å². The zero-order valence-corrected chi connectivity index (χ0v) is 11.3. The number of halogens is 1.